The van der Waals surface area contributed by atoms with Crippen molar-refractivity contribution in [2.24, 2.45) is 0 Å². The molecule has 0 saturated carbocycles. The molecule has 35 heavy (non-hydrogen) atoms. The molecule has 2 saturated heterocycles. The van der Waals surface area contributed by atoms with E-state index >= 15 is 0 Å². The Bertz CT molecular complexity index is 1090. The van der Waals surface area contributed by atoms with Crippen LogP contribution in [0.5, 0.6) is 17.2 Å². The predicted molar refractivity (Wildman–Crippen MR) is 127 cm³/mol. The molecular formula is C25H29ClN2O7. The number of aliphatic hydroxyl groups is 2. The maximum Gasteiger partial charge on any atom is 0.281 e. The summed E-state index contributed by atoms with van der Waals surface area (Å²) in [5.74, 6) is 0.508. The number of piperidine rings is 1. The second-order valence-corrected chi connectivity index (χ2v) is 9.91. The third-order valence-electron chi connectivity index (χ3n) is 6.75. The molecule has 3 heterocycles. The second-order valence-electron chi connectivity index (χ2n) is 9.48. The van der Waals surface area contributed by atoms with E-state index in [4.69, 9.17) is 25.9 Å². The fourth-order valence-corrected chi connectivity index (χ4v) is 5.11. The molecule has 188 valence electrons. The Morgan fingerprint density at radius 1 is 1.23 bits per heavy atom. The van der Waals surface area contributed by atoms with Crippen molar-refractivity contribution >= 4 is 17.5 Å². The molecule has 2 atom stereocenters. The maximum atomic E-state index is 12.7. The van der Waals surface area contributed by atoms with Crippen LogP contribution in [0.2, 0.25) is 5.02 Å². The maximum absolute atomic E-state index is 12.7. The molecule has 0 aliphatic carbocycles. The number of likely N-dealkylation sites (tertiary alicyclic amines) is 1. The summed E-state index contributed by atoms with van der Waals surface area (Å²) in [5.41, 5.74) is 1.11. The lowest BCUT2D eigenvalue weighted by molar-refractivity contribution is -0.0781. The highest BCUT2D eigenvalue weighted by molar-refractivity contribution is 6.30. The molecule has 2 fully saturated rings. The quantitative estimate of drug-likeness (QED) is 0.548. The van der Waals surface area contributed by atoms with Crippen molar-refractivity contribution < 1.29 is 34.4 Å². The average molecular weight is 505 g/mol. The Hall–Kier alpha value is -2.56. The van der Waals surface area contributed by atoms with Crippen LogP contribution in [0.4, 0.5) is 0 Å². The summed E-state index contributed by atoms with van der Waals surface area (Å²) in [4.78, 5) is 20.1. The van der Waals surface area contributed by atoms with E-state index in [-0.39, 0.29) is 42.4 Å². The first-order valence-corrected chi connectivity index (χ1v) is 12.1. The minimum atomic E-state index is -0.792. The molecule has 0 unspecified atom stereocenters. The first-order chi connectivity index (χ1) is 16.8. The standard InChI is InChI=1S/C25H29ClN2O7/c26-17-1-4-22-16(9-17)11-25(35-22)5-7-27(8-6-25)12-19(30)14-33-23-10-18(29)2-3-21(23)24(32)28-13-20(31)15-34-28/h1-4,9-10,19-20,29-31H,5-8,11-15H2/t19-,20+/m1/s1. The molecule has 10 heteroatoms. The first kappa shape index (κ1) is 24.1. The van der Waals surface area contributed by atoms with E-state index in [1.165, 1.54) is 18.2 Å². The van der Waals surface area contributed by atoms with Crippen LogP contribution in [0, 0.1) is 0 Å². The van der Waals surface area contributed by atoms with E-state index in [1.54, 1.807) is 0 Å². The summed E-state index contributed by atoms with van der Waals surface area (Å²) < 4.78 is 12.0. The number of aliphatic hydroxyl groups excluding tert-OH is 2. The van der Waals surface area contributed by atoms with E-state index in [9.17, 15) is 20.1 Å². The fourth-order valence-electron chi connectivity index (χ4n) is 4.92. The minimum Gasteiger partial charge on any atom is -0.508 e. The zero-order valence-corrected chi connectivity index (χ0v) is 20.0. The number of phenols is 1. The van der Waals surface area contributed by atoms with Crippen LogP contribution in [-0.4, -0.2) is 88.4 Å². The van der Waals surface area contributed by atoms with Crippen molar-refractivity contribution in [1.82, 2.24) is 9.96 Å². The molecule has 0 radical (unpaired) electrons. The normalized spacial score (nSPS) is 22.1. The van der Waals surface area contributed by atoms with Gasteiger partial charge in [-0.25, -0.2) is 5.06 Å². The first-order valence-electron chi connectivity index (χ1n) is 11.8. The Balaban J connectivity index is 1.13. The highest BCUT2D eigenvalue weighted by Gasteiger charge is 2.42. The Morgan fingerprint density at radius 2 is 2.03 bits per heavy atom. The van der Waals surface area contributed by atoms with Gasteiger partial charge >= 0.3 is 0 Å². The third-order valence-corrected chi connectivity index (χ3v) is 6.99. The number of amides is 1. The van der Waals surface area contributed by atoms with Crippen LogP contribution in [0.3, 0.4) is 0 Å². The van der Waals surface area contributed by atoms with Gasteiger partial charge in [-0.15, -0.1) is 0 Å². The molecular weight excluding hydrogens is 476 g/mol. The van der Waals surface area contributed by atoms with Crippen LogP contribution in [0.1, 0.15) is 28.8 Å². The number of hydrogen-bond acceptors (Lipinski definition) is 8. The molecule has 0 bridgehead atoms. The van der Waals surface area contributed by atoms with Gasteiger partial charge in [0.15, 0.2) is 0 Å². The number of hydroxylamine groups is 2. The predicted octanol–water partition coefficient (Wildman–Crippen LogP) is 2.00. The van der Waals surface area contributed by atoms with Gasteiger partial charge in [0.2, 0.25) is 0 Å². The summed E-state index contributed by atoms with van der Waals surface area (Å²) in [6.07, 6.45) is 1.00. The monoisotopic (exact) mass is 504 g/mol. The number of phenolic OH excluding ortho intramolecular Hbond substituents is 1. The zero-order valence-electron chi connectivity index (χ0n) is 19.2. The van der Waals surface area contributed by atoms with E-state index in [0.717, 1.165) is 48.7 Å². The van der Waals surface area contributed by atoms with Crippen molar-refractivity contribution in [3.05, 3.63) is 52.5 Å². The number of β-amino-alcohol motifs (C(OH)–C–C–N with tert-alkyl or cyclic N) is 2. The molecule has 5 rings (SSSR count). The molecule has 3 aliphatic heterocycles. The van der Waals surface area contributed by atoms with E-state index in [0.29, 0.717) is 11.6 Å². The molecule has 3 aliphatic rings. The van der Waals surface area contributed by atoms with Gasteiger partial charge in [0.25, 0.3) is 5.91 Å². The third kappa shape index (κ3) is 5.34. The van der Waals surface area contributed by atoms with Crippen LogP contribution in [0.25, 0.3) is 0 Å². The fraction of sp³-hybridized carbons (Fsp3) is 0.480. The summed E-state index contributed by atoms with van der Waals surface area (Å²) in [6, 6.07) is 9.89. The molecule has 2 aromatic carbocycles. The van der Waals surface area contributed by atoms with Gasteiger partial charge in [-0.2, -0.15) is 0 Å². The van der Waals surface area contributed by atoms with Gasteiger partial charge in [0, 0.05) is 50.0 Å². The Labute approximate surface area is 208 Å². The zero-order chi connectivity index (χ0) is 24.6. The highest BCUT2D eigenvalue weighted by atomic mass is 35.5. The second kappa shape index (κ2) is 9.83. The van der Waals surface area contributed by atoms with Gasteiger partial charge in [-0.3, -0.25) is 9.63 Å². The van der Waals surface area contributed by atoms with E-state index < -0.39 is 18.1 Å². The number of rotatable bonds is 6. The Morgan fingerprint density at radius 3 is 2.77 bits per heavy atom. The highest BCUT2D eigenvalue weighted by Crippen LogP contribution is 2.42. The van der Waals surface area contributed by atoms with Gasteiger partial charge in [0.05, 0.1) is 12.1 Å². The lowest BCUT2D eigenvalue weighted by atomic mass is 9.87. The smallest absolute Gasteiger partial charge is 0.281 e. The summed E-state index contributed by atoms with van der Waals surface area (Å²) in [6.45, 7) is 2.03. The molecule has 3 N–H and O–H groups in total. The number of ether oxygens (including phenoxy) is 2. The molecule has 9 nitrogen and oxygen atoms in total. The Kier molecular flexibility index (Phi) is 6.78. The van der Waals surface area contributed by atoms with Crippen LogP contribution in [0.15, 0.2) is 36.4 Å². The number of carbonyl (C=O) groups excluding carboxylic acids is 1. The van der Waals surface area contributed by atoms with E-state index in [1.807, 2.05) is 18.2 Å². The largest absolute Gasteiger partial charge is 0.508 e. The van der Waals surface area contributed by atoms with Crippen molar-refractivity contribution in [2.45, 2.75) is 37.1 Å². The topological polar surface area (TPSA) is 112 Å². The van der Waals surface area contributed by atoms with Crippen molar-refractivity contribution in [1.29, 1.82) is 0 Å². The van der Waals surface area contributed by atoms with Gasteiger partial charge in [-0.1, -0.05) is 11.6 Å². The summed E-state index contributed by atoms with van der Waals surface area (Å²) in [5, 5.41) is 31.9. The van der Waals surface area contributed by atoms with Gasteiger partial charge < -0.3 is 29.7 Å². The molecule has 1 spiro atoms. The SMILES string of the molecule is O=C(c1ccc(O)cc1OC[C@H](O)CN1CCC2(CC1)Cc1cc(Cl)ccc1O2)N1C[C@H](O)CO1. The number of nitrogens with zero attached hydrogens (tertiary/aromatic N) is 2. The lowest BCUT2D eigenvalue weighted by Crippen LogP contribution is -2.49. The van der Waals surface area contributed by atoms with Gasteiger partial charge in [0.1, 0.15) is 48.3 Å². The van der Waals surface area contributed by atoms with Crippen molar-refractivity contribution in [3.63, 3.8) is 0 Å². The minimum absolute atomic E-state index is 0.0424. The van der Waals surface area contributed by atoms with Crippen LogP contribution in [-0.2, 0) is 11.3 Å². The molecule has 1 amide bonds. The van der Waals surface area contributed by atoms with Crippen LogP contribution < -0.4 is 9.47 Å². The van der Waals surface area contributed by atoms with Crippen LogP contribution >= 0.6 is 11.6 Å². The number of hydrogen-bond donors (Lipinski definition) is 3. The number of halogens is 1. The summed E-state index contributed by atoms with van der Waals surface area (Å²) >= 11 is 6.12. The molecule has 2 aromatic rings. The lowest BCUT2D eigenvalue weighted by Gasteiger charge is -2.39. The van der Waals surface area contributed by atoms with E-state index in [2.05, 4.69) is 4.90 Å². The number of carbonyl (C=O) groups is 1. The molecule has 0 aromatic heterocycles. The summed E-state index contributed by atoms with van der Waals surface area (Å²) in [7, 11) is 0. The van der Waals surface area contributed by atoms with Gasteiger partial charge in [-0.05, 0) is 35.9 Å². The number of fused-ring (bicyclic) bond motifs is 1. The number of aromatic hydroxyl groups is 1. The average Bonchev–Trinajstić information content (AvgIpc) is 3.42. The van der Waals surface area contributed by atoms with Crippen molar-refractivity contribution in [2.75, 3.05) is 39.4 Å². The van der Waals surface area contributed by atoms with Crippen molar-refractivity contribution in [3.8, 4) is 17.2 Å². The number of benzene rings is 2.